The number of ether oxygens (including phenoxy) is 1. The molecule has 1 aliphatic rings. The molecule has 28 heavy (non-hydrogen) atoms. The Morgan fingerprint density at radius 2 is 1.82 bits per heavy atom. The number of aryl methyl sites for hydroxylation is 1. The maximum atomic E-state index is 5.41. The van der Waals surface area contributed by atoms with E-state index in [9.17, 15) is 0 Å². The Bertz CT molecular complexity index is 725. The molecule has 1 aromatic carbocycles. The molecule has 2 heterocycles. The smallest absolute Gasteiger partial charge is 0.191 e. The molecule has 0 atom stereocenters. The van der Waals surface area contributed by atoms with Gasteiger partial charge in [0.05, 0.1) is 32.0 Å². The van der Waals surface area contributed by atoms with E-state index in [2.05, 4.69) is 51.8 Å². The minimum Gasteiger partial charge on any atom is -0.379 e. The molecule has 0 spiro atoms. The Hall–Kier alpha value is -1.65. The Labute approximate surface area is 184 Å². The molecule has 154 valence electrons. The van der Waals surface area contributed by atoms with Crippen LogP contribution in [0.15, 0.2) is 41.5 Å². The second-order valence-corrected chi connectivity index (χ2v) is 6.70. The number of aromatic nitrogens is 2. The third-order valence-electron chi connectivity index (χ3n) is 4.66. The van der Waals surface area contributed by atoms with E-state index in [0.717, 1.165) is 51.0 Å². The monoisotopic (exact) mass is 498 g/mol. The minimum atomic E-state index is 0. The van der Waals surface area contributed by atoms with Crippen LogP contribution in [0.5, 0.6) is 0 Å². The van der Waals surface area contributed by atoms with Crippen molar-refractivity contribution in [3.63, 3.8) is 0 Å². The Morgan fingerprint density at radius 3 is 2.46 bits per heavy atom. The number of halogens is 1. The molecule has 1 aliphatic heterocycles. The first-order chi connectivity index (χ1) is 13.2. The third-order valence-corrected chi connectivity index (χ3v) is 4.66. The Kier molecular flexibility index (Phi) is 9.72. The molecule has 8 heteroatoms. The lowest BCUT2D eigenvalue weighted by Gasteiger charge is -2.26. The summed E-state index contributed by atoms with van der Waals surface area (Å²) in [5.41, 5.74) is 3.66. The topological polar surface area (TPSA) is 66.7 Å². The first-order valence-corrected chi connectivity index (χ1v) is 9.61. The first-order valence-electron chi connectivity index (χ1n) is 9.61. The fraction of sp³-hybridized carbons (Fsp3) is 0.500. The number of nitrogens with zero attached hydrogens (tertiary/aromatic N) is 4. The van der Waals surface area contributed by atoms with Crippen LogP contribution in [-0.2, 0) is 31.4 Å². The summed E-state index contributed by atoms with van der Waals surface area (Å²) in [4.78, 5) is 7.13. The molecule has 7 nitrogen and oxygen atoms in total. The van der Waals surface area contributed by atoms with Crippen molar-refractivity contribution in [1.29, 1.82) is 0 Å². The van der Waals surface area contributed by atoms with Gasteiger partial charge in [-0.1, -0.05) is 24.3 Å². The van der Waals surface area contributed by atoms with Crippen LogP contribution in [0.1, 0.15) is 23.7 Å². The SMILES string of the molecule is CCNC(=NCc1ccc(CN2CCOCC2)cc1)NCc1ccnn1C.I. The lowest BCUT2D eigenvalue weighted by Crippen LogP contribution is -2.37. The van der Waals surface area contributed by atoms with Gasteiger partial charge in [0, 0.05) is 39.4 Å². The number of hydrogen-bond donors (Lipinski definition) is 2. The highest BCUT2D eigenvalue weighted by Gasteiger charge is 2.10. The molecular formula is C20H31IN6O. The van der Waals surface area contributed by atoms with Crippen LogP contribution in [0.25, 0.3) is 0 Å². The lowest BCUT2D eigenvalue weighted by molar-refractivity contribution is 0.0342. The van der Waals surface area contributed by atoms with E-state index in [0.29, 0.717) is 13.1 Å². The van der Waals surface area contributed by atoms with E-state index in [1.54, 1.807) is 6.20 Å². The molecule has 0 aliphatic carbocycles. The zero-order valence-corrected chi connectivity index (χ0v) is 19.1. The van der Waals surface area contributed by atoms with Crippen molar-refractivity contribution >= 4 is 29.9 Å². The summed E-state index contributed by atoms with van der Waals surface area (Å²) in [6.45, 7) is 8.94. The van der Waals surface area contributed by atoms with Gasteiger partial charge in [0.15, 0.2) is 5.96 Å². The molecule has 0 amide bonds. The number of nitrogens with one attached hydrogen (secondary N) is 2. The number of guanidine groups is 1. The second kappa shape index (κ2) is 12.0. The molecule has 2 N–H and O–H groups in total. The van der Waals surface area contributed by atoms with Crippen LogP contribution in [0.3, 0.4) is 0 Å². The number of benzene rings is 1. The summed E-state index contributed by atoms with van der Waals surface area (Å²) in [5.74, 6) is 0.816. The number of morpholine rings is 1. The summed E-state index contributed by atoms with van der Waals surface area (Å²) < 4.78 is 7.27. The number of hydrogen-bond acceptors (Lipinski definition) is 4. The van der Waals surface area contributed by atoms with Crippen molar-refractivity contribution in [2.45, 2.75) is 26.6 Å². The van der Waals surface area contributed by atoms with E-state index in [1.807, 2.05) is 17.8 Å². The summed E-state index contributed by atoms with van der Waals surface area (Å²) in [7, 11) is 1.94. The maximum Gasteiger partial charge on any atom is 0.191 e. The minimum absolute atomic E-state index is 0. The van der Waals surface area contributed by atoms with Gasteiger partial charge in [-0.2, -0.15) is 5.10 Å². The summed E-state index contributed by atoms with van der Waals surface area (Å²) in [6.07, 6.45) is 1.81. The van der Waals surface area contributed by atoms with Crippen molar-refractivity contribution < 1.29 is 4.74 Å². The van der Waals surface area contributed by atoms with Crippen LogP contribution in [-0.4, -0.2) is 53.5 Å². The highest BCUT2D eigenvalue weighted by Crippen LogP contribution is 2.10. The first kappa shape index (κ1) is 22.6. The summed E-state index contributed by atoms with van der Waals surface area (Å²) in [5, 5.41) is 10.8. The van der Waals surface area contributed by atoms with Crippen molar-refractivity contribution in [1.82, 2.24) is 25.3 Å². The molecule has 0 bridgehead atoms. The van der Waals surface area contributed by atoms with Crippen LogP contribution < -0.4 is 10.6 Å². The Morgan fingerprint density at radius 1 is 1.11 bits per heavy atom. The van der Waals surface area contributed by atoms with Gasteiger partial charge in [-0.25, -0.2) is 4.99 Å². The maximum absolute atomic E-state index is 5.41. The van der Waals surface area contributed by atoms with Crippen LogP contribution in [0, 0.1) is 0 Å². The standard InChI is InChI=1S/C20H30N6O.HI/c1-3-21-20(23-15-19-8-9-24-25(19)2)22-14-17-4-6-18(7-5-17)16-26-10-12-27-13-11-26;/h4-9H,3,10-16H2,1-2H3,(H2,21,22,23);1H. The Balaban J connectivity index is 0.00000280. The fourth-order valence-electron chi connectivity index (χ4n) is 3.03. The van der Waals surface area contributed by atoms with Crippen LogP contribution >= 0.6 is 24.0 Å². The van der Waals surface area contributed by atoms with Gasteiger partial charge in [0.2, 0.25) is 0 Å². The van der Waals surface area contributed by atoms with E-state index in [4.69, 9.17) is 9.73 Å². The van der Waals surface area contributed by atoms with Crippen molar-refractivity contribution in [3.8, 4) is 0 Å². The average molecular weight is 498 g/mol. The molecule has 1 aromatic heterocycles. The second-order valence-electron chi connectivity index (χ2n) is 6.70. The molecule has 3 rings (SSSR count). The van der Waals surface area contributed by atoms with Gasteiger partial charge in [-0.05, 0) is 24.1 Å². The van der Waals surface area contributed by atoms with E-state index >= 15 is 0 Å². The quantitative estimate of drug-likeness (QED) is 0.348. The molecule has 0 unspecified atom stereocenters. The average Bonchev–Trinajstić information content (AvgIpc) is 3.11. The molecular weight excluding hydrogens is 467 g/mol. The number of rotatable bonds is 7. The normalized spacial score (nSPS) is 15.1. The number of aliphatic imine (C=N–C) groups is 1. The van der Waals surface area contributed by atoms with Gasteiger partial charge in [0.25, 0.3) is 0 Å². The van der Waals surface area contributed by atoms with Crippen molar-refractivity contribution in [2.75, 3.05) is 32.8 Å². The van der Waals surface area contributed by atoms with Gasteiger partial charge >= 0.3 is 0 Å². The highest BCUT2D eigenvalue weighted by molar-refractivity contribution is 14.0. The van der Waals surface area contributed by atoms with E-state index < -0.39 is 0 Å². The van der Waals surface area contributed by atoms with Gasteiger partial charge < -0.3 is 15.4 Å². The van der Waals surface area contributed by atoms with Gasteiger partial charge in [0.1, 0.15) is 0 Å². The van der Waals surface area contributed by atoms with Crippen LogP contribution in [0.2, 0.25) is 0 Å². The predicted molar refractivity (Wildman–Crippen MR) is 123 cm³/mol. The molecule has 1 saturated heterocycles. The lowest BCUT2D eigenvalue weighted by atomic mass is 10.1. The van der Waals surface area contributed by atoms with Gasteiger partial charge in [-0.15, -0.1) is 24.0 Å². The van der Waals surface area contributed by atoms with Crippen molar-refractivity contribution in [2.24, 2.45) is 12.0 Å². The predicted octanol–water partition coefficient (Wildman–Crippen LogP) is 2.13. The highest BCUT2D eigenvalue weighted by atomic mass is 127. The molecule has 0 radical (unpaired) electrons. The summed E-state index contributed by atoms with van der Waals surface area (Å²) in [6, 6.07) is 10.8. The van der Waals surface area contributed by atoms with Gasteiger partial charge in [-0.3, -0.25) is 9.58 Å². The zero-order chi connectivity index (χ0) is 18.9. The van der Waals surface area contributed by atoms with Crippen LogP contribution in [0.4, 0.5) is 0 Å². The van der Waals surface area contributed by atoms with Crippen molar-refractivity contribution in [3.05, 3.63) is 53.3 Å². The largest absolute Gasteiger partial charge is 0.379 e. The van der Waals surface area contributed by atoms with E-state index in [-0.39, 0.29) is 24.0 Å². The molecule has 2 aromatic rings. The molecule has 0 saturated carbocycles. The third kappa shape index (κ3) is 7.06. The molecule has 1 fully saturated rings. The zero-order valence-electron chi connectivity index (χ0n) is 16.7. The summed E-state index contributed by atoms with van der Waals surface area (Å²) >= 11 is 0. The van der Waals surface area contributed by atoms with E-state index in [1.165, 1.54) is 11.1 Å². The fourth-order valence-corrected chi connectivity index (χ4v) is 3.03.